The van der Waals surface area contributed by atoms with Crippen molar-refractivity contribution in [3.63, 3.8) is 0 Å². The molecule has 0 aliphatic carbocycles. The molecule has 1 aliphatic heterocycles. The summed E-state index contributed by atoms with van der Waals surface area (Å²) >= 11 is 0. The van der Waals surface area contributed by atoms with Crippen molar-refractivity contribution < 1.29 is 27.9 Å². The van der Waals surface area contributed by atoms with E-state index in [2.05, 4.69) is 0 Å². The van der Waals surface area contributed by atoms with E-state index in [1.54, 1.807) is 6.92 Å². The van der Waals surface area contributed by atoms with Gasteiger partial charge >= 0.3 is 12.1 Å². The van der Waals surface area contributed by atoms with Gasteiger partial charge in [-0.15, -0.1) is 0 Å². The molecule has 4 nitrogen and oxygen atoms in total. The zero-order valence-electron chi connectivity index (χ0n) is 10.6. The standard InChI is InChI=1S/C13H12F3NO3/c1-7-2-3-9(13(14,15)16)10(4-7)17-6-8(12(19)20)5-11(17)18/h2-4,8H,5-6H2,1H3,(H,19,20). The molecule has 2 rings (SSSR count). The number of halogens is 3. The summed E-state index contributed by atoms with van der Waals surface area (Å²) in [6, 6.07) is 3.47. The molecule has 1 atom stereocenters. The molecule has 1 aliphatic rings. The van der Waals surface area contributed by atoms with Crippen LogP contribution in [0, 0.1) is 12.8 Å². The van der Waals surface area contributed by atoms with Crippen molar-refractivity contribution >= 4 is 17.6 Å². The van der Waals surface area contributed by atoms with Gasteiger partial charge in [-0.05, 0) is 24.6 Å². The molecule has 0 saturated carbocycles. The van der Waals surface area contributed by atoms with Crippen molar-refractivity contribution in [2.24, 2.45) is 5.92 Å². The average Bonchev–Trinajstić information content (AvgIpc) is 2.69. The summed E-state index contributed by atoms with van der Waals surface area (Å²) in [6.45, 7) is 1.37. The van der Waals surface area contributed by atoms with Crippen LogP contribution < -0.4 is 4.90 Å². The van der Waals surface area contributed by atoms with Crippen molar-refractivity contribution in [2.45, 2.75) is 19.5 Å². The van der Waals surface area contributed by atoms with Crippen LogP contribution in [-0.4, -0.2) is 23.5 Å². The van der Waals surface area contributed by atoms with Gasteiger partial charge in [-0.2, -0.15) is 13.2 Å². The molecule has 1 amide bonds. The Hall–Kier alpha value is -2.05. The van der Waals surface area contributed by atoms with Gasteiger partial charge in [-0.3, -0.25) is 9.59 Å². The van der Waals surface area contributed by atoms with Crippen LogP contribution in [0.3, 0.4) is 0 Å². The summed E-state index contributed by atoms with van der Waals surface area (Å²) in [5.41, 5.74) is -0.631. The number of aliphatic carboxylic acids is 1. The van der Waals surface area contributed by atoms with E-state index >= 15 is 0 Å². The molecule has 108 valence electrons. The zero-order valence-corrected chi connectivity index (χ0v) is 10.6. The minimum Gasteiger partial charge on any atom is -0.481 e. The summed E-state index contributed by atoms with van der Waals surface area (Å²) in [5, 5.41) is 8.88. The minimum absolute atomic E-state index is 0.235. The van der Waals surface area contributed by atoms with Gasteiger partial charge in [-0.1, -0.05) is 6.07 Å². The maximum atomic E-state index is 13.0. The first-order valence-corrected chi connectivity index (χ1v) is 5.91. The maximum Gasteiger partial charge on any atom is 0.418 e. The molecule has 1 heterocycles. The Morgan fingerprint density at radius 3 is 2.55 bits per heavy atom. The van der Waals surface area contributed by atoms with Crippen LogP contribution in [0.15, 0.2) is 18.2 Å². The smallest absolute Gasteiger partial charge is 0.418 e. The van der Waals surface area contributed by atoms with E-state index in [1.165, 1.54) is 12.1 Å². The number of rotatable bonds is 2. The molecule has 1 saturated heterocycles. The van der Waals surface area contributed by atoms with Crippen molar-refractivity contribution in [1.82, 2.24) is 0 Å². The number of carboxylic acid groups (broad SMARTS) is 1. The number of aryl methyl sites for hydroxylation is 1. The van der Waals surface area contributed by atoms with Crippen molar-refractivity contribution in [1.29, 1.82) is 0 Å². The first-order chi connectivity index (χ1) is 9.20. The Labute approximate surface area is 112 Å². The van der Waals surface area contributed by atoms with Crippen molar-refractivity contribution in [2.75, 3.05) is 11.4 Å². The van der Waals surface area contributed by atoms with Gasteiger partial charge < -0.3 is 10.0 Å². The minimum atomic E-state index is -4.59. The molecular weight excluding hydrogens is 275 g/mol. The van der Waals surface area contributed by atoms with Gasteiger partial charge in [0, 0.05) is 13.0 Å². The lowest BCUT2D eigenvalue weighted by Crippen LogP contribution is -2.28. The number of amides is 1. The molecule has 1 aromatic rings. The van der Waals surface area contributed by atoms with E-state index in [4.69, 9.17) is 5.11 Å². The molecule has 20 heavy (non-hydrogen) atoms. The van der Waals surface area contributed by atoms with Gasteiger partial charge in [0.25, 0.3) is 0 Å². The number of carbonyl (C=O) groups is 2. The summed E-state index contributed by atoms with van der Waals surface area (Å²) in [4.78, 5) is 23.6. The van der Waals surface area contributed by atoms with Crippen LogP contribution in [0.1, 0.15) is 17.5 Å². The third-order valence-corrected chi connectivity index (χ3v) is 3.22. The van der Waals surface area contributed by atoms with E-state index in [0.717, 1.165) is 11.0 Å². The quantitative estimate of drug-likeness (QED) is 0.909. The number of alkyl halides is 3. The molecule has 0 radical (unpaired) electrons. The fourth-order valence-electron chi connectivity index (χ4n) is 2.21. The number of carbonyl (C=O) groups excluding carboxylic acids is 1. The summed E-state index contributed by atoms with van der Waals surface area (Å²) in [6.07, 6.45) is -4.87. The largest absolute Gasteiger partial charge is 0.481 e. The lowest BCUT2D eigenvalue weighted by atomic mass is 10.1. The van der Waals surface area contributed by atoms with Crippen LogP contribution in [0.5, 0.6) is 0 Å². The second kappa shape index (κ2) is 4.81. The number of hydrogen-bond donors (Lipinski definition) is 1. The summed E-state index contributed by atoms with van der Waals surface area (Å²) < 4.78 is 38.9. The molecule has 0 aromatic heterocycles. The summed E-state index contributed by atoms with van der Waals surface area (Å²) in [7, 11) is 0. The average molecular weight is 287 g/mol. The first-order valence-electron chi connectivity index (χ1n) is 5.91. The number of benzene rings is 1. The van der Waals surface area contributed by atoms with Crippen LogP contribution in [0.2, 0.25) is 0 Å². The van der Waals surface area contributed by atoms with Gasteiger partial charge in [0.1, 0.15) is 0 Å². The van der Waals surface area contributed by atoms with E-state index in [9.17, 15) is 22.8 Å². The highest BCUT2D eigenvalue weighted by Gasteiger charge is 2.40. The van der Waals surface area contributed by atoms with Crippen molar-refractivity contribution in [3.05, 3.63) is 29.3 Å². The molecular formula is C13H12F3NO3. The predicted octanol–water partition coefficient (Wildman–Crippen LogP) is 2.45. The number of hydrogen-bond acceptors (Lipinski definition) is 2. The second-order valence-corrected chi connectivity index (χ2v) is 4.76. The van der Waals surface area contributed by atoms with E-state index < -0.39 is 29.5 Å². The Morgan fingerprint density at radius 1 is 1.40 bits per heavy atom. The van der Waals surface area contributed by atoms with E-state index in [1.807, 2.05) is 0 Å². The van der Waals surface area contributed by atoms with Crippen LogP contribution in [0.25, 0.3) is 0 Å². The van der Waals surface area contributed by atoms with Crippen LogP contribution in [0.4, 0.5) is 18.9 Å². The Balaban J connectivity index is 2.45. The summed E-state index contributed by atoms with van der Waals surface area (Å²) in [5.74, 6) is -2.75. The molecule has 7 heteroatoms. The molecule has 1 fully saturated rings. The third-order valence-electron chi connectivity index (χ3n) is 3.22. The maximum absolute atomic E-state index is 13.0. The molecule has 1 unspecified atom stereocenters. The highest BCUT2D eigenvalue weighted by atomic mass is 19.4. The second-order valence-electron chi connectivity index (χ2n) is 4.76. The topological polar surface area (TPSA) is 57.6 Å². The van der Waals surface area contributed by atoms with Gasteiger partial charge in [0.15, 0.2) is 0 Å². The lowest BCUT2D eigenvalue weighted by molar-refractivity contribution is -0.141. The fourth-order valence-corrected chi connectivity index (χ4v) is 2.21. The van der Waals surface area contributed by atoms with Gasteiger partial charge in [-0.25, -0.2) is 0 Å². The zero-order chi connectivity index (χ0) is 15.1. The Bertz CT molecular complexity index is 568. The fraction of sp³-hybridized carbons (Fsp3) is 0.385. The van der Waals surface area contributed by atoms with Crippen molar-refractivity contribution in [3.8, 4) is 0 Å². The highest BCUT2D eigenvalue weighted by molar-refractivity contribution is 5.99. The third kappa shape index (κ3) is 2.61. The predicted molar refractivity (Wildman–Crippen MR) is 64.3 cm³/mol. The van der Waals surface area contributed by atoms with Crippen LogP contribution in [-0.2, 0) is 15.8 Å². The number of nitrogens with zero attached hydrogens (tertiary/aromatic N) is 1. The SMILES string of the molecule is Cc1ccc(C(F)(F)F)c(N2CC(C(=O)O)CC2=O)c1. The van der Waals surface area contributed by atoms with E-state index in [-0.39, 0.29) is 18.7 Å². The van der Waals surface area contributed by atoms with Gasteiger partial charge in [0.05, 0.1) is 17.2 Å². The molecule has 1 N–H and O–H groups in total. The molecule has 1 aromatic carbocycles. The lowest BCUT2D eigenvalue weighted by Gasteiger charge is -2.22. The Morgan fingerprint density at radius 2 is 2.05 bits per heavy atom. The Kier molecular flexibility index (Phi) is 3.45. The first kappa shape index (κ1) is 14.4. The van der Waals surface area contributed by atoms with Crippen LogP contribution >= 0.6 is 0 Å². The van der Waals surface area contributed by atoms with E-state index in [0.29, 0.717) is 5.56 Å². The molecule has 0 spiro atoms. The monoisotopic (exact) mass is 287 g/mol. The normalized spacial score (nSPS) is 19.5. The highest BCUT2D eigenvalue weighted by Crippen LogP contribution is 2.39. The number of carboxylic acids is 1. The number of anilines is 1. The molecule has 0 bridgehead atoms. The van der Waals surface area contributed by atoms with Gasteiger partial charge in [0.2, 0.25) is 5.91 Å².